The third kappa shape index (κ3) is 12.3. The number of nitrogens with zero attached hydrogens (tertiary/aromatic N) is 3. The molecule has 0 aromatic rings. The van der Waals surface area contributed by atoms with E-state index in [-0.39, 0.29) is 48.1 Å². The van der Waals surface area contributed by atoms with Gasteiger partial charge in [-0.3, -0.25) is 24.6 Å². The second-order valence-corrected chi connectivity index (χ2v) is 14.0. The molecule has 11 nitrogen and oxygen atoms in total. The van der Waals surface area contributed by atoms with Crippen molar-refractivity contribution in [3.63, 3.8) is 0 Å². The third-order valence-corrected chi connectivity index (χ3v) is 9.08. The third-order valence-electron chi connectivity index (χ3n) is 9.08. The van der Waals surface area contributed by atoms with Gasteiger partial charge in [0.2, 0.25) is 23.6 Å². The molecule has 0 spiro atoms. The quantitative estimate of drug-likeness (QED) is 0.194. The van der Waals surface area contributed by atoms with E-state index in [1.165, 1.54) is 4.90 Å². The van der Waals surface area contributed by atoms with E-state index in [4.69, 9.17) is 0 Å². The van der Waals surface area contributed by atoms with Gasteiger partial charge in [-0.25, -0.2) is 5.01 Å². The van der Waals surface area contributed by atoms with Gasteiger partial charge in [0.15, 0.2) is 0 Å². The molecular weight excluding hydrogens is 562 g/mol. The Balaban J connectivity index is 2.23. The maximum Gasteiger partial charge on any atom is 0.234 e. The number of hydrogen-bond acceptors (Lipinski definition) is 7. The minimum atomic E-state index is -0.958. The normalized spacial score (nSPS) is 25.3. The topological polar surface area (TPSA) is 143 Å². The Kier molecular flexibility index (Phi) is 16.1. The highest BCUT2D eigenvalue weighted by atomic mass is 16.3. The van der Waals surface area contributed by atoms with Crippen molar-refractivity contribution in [2.45, 2.75) is 117 Å². The Morgan fingerprint density at radius 3 is 1.91 bits per heavy atom. The number of carbonyl (C=O) groups is 4. The van der Waals surface area contributed by atoms with Crippen molar-refractivity contribution < 1.29 is 29.4 Å². The molecule has 2 fully saturated rings. The molecule has 2 saturated carbocycles. The zero-order valence-electron chi connectivity index (χ0n) is 28.4. The molecule has 0 radical (unpaired) electrons. The summed E-state index contributed by atoms with van der Waals surface area (Å²) in [5.41, 5.74) is 2.81. The highest BCUT2D eigenvalue weighted by molar-refractivity contribution is 5.86. The lowest BCUT2D eigenvalue weighted by Gasteiger charge is -2.38. The molecule has 254 valence electrons. The fraction of sp³-hybridized carbons (Fsp3) is 0.879. The van der Waals surface area contributed by atoms with E-state index in [0.717, 1.165) is 25.7 Å². The minimum absolute atomic E-state index is 0.0128. The molecule has 0 bridgehead atoms. The average molecular weight is 624 g/mol. The predicted molar refractivity (Wildman–Crippen MR) is 171 cm³/mol. The van der Waals surface area contributed by atoms with Crippen LogP contribution in [0.25, 0.3) is 0 Å². The van der Waals surface area contributed by atoms with E-state index in [1.54, 1.807) is 26.2 Å². The van der Waals surface area contributed by atoms with Crippen molar-refractivity contribution in [3.05, 3.63) is 0 Å². The first-order valence-corrected chi connectivity index (χ1v) is 16.9. The van der Waals surface area contributed by atoms with E-state index in [9.17, 15) is 29.4 Å². The zero-order valence-corrected chi connectivity index (χ0v) is 28.4. The number of rotatable bonds is 16. The van der Waals surface area contributed by atoms with E-state index in [1.807, 2.05) is 32.6 Å². The smallest absolute Gasteiger partial charge is 0.234 e. The summed E-state index contributed by atoms with van der Waals surface area (Å²) < 4.78 is 0. The number of hydrogen-bond donors (Lipinski definition) is 4. The van der Waals surface area contributed by atoms with Crippen LogP contribution in [-0.2, 0) is 19.2 Å². The number of carbonyl (C=O) groups excluding carboxylic acids is 4. The summed E-state index contributed by atoms with van der Waals surface area (Å²) in [7, 11) is 5.10. The number of aliphatic hydroxyl groups is 2. The Hall–Kier alpha value is -2.24. The first-order valence-electron chi connectivity index (χ1n) is 16.9. The van der Waals surface area contributed by atoms with Crippen LogP contribution in [0.3, 0.4) is 0 Å². The van der Waals surface area contributed by atoms with Gasteiger partial charge in [-0.2, -0.15) is 0 Å². The van der Waals surface area contributed by atoms with E-state index < -0.39 is 29.9 Å². The standard InChI is InChI=1S/C33H61N5O6/c1-8-14-38(15-9-2)33(44)26-19-24(18-25(20-26)32(43)36(5)6)31(42)34-28(17-23-10-12-27(39)13-11-23)29(40)21-37(7)35-30(41)16-22(3)4/h22-29,39-40H,8-21H2,1-7H3,(H,34,42)(H,35,41). The van der Waals surface area contributed by atoms with Crippen molar-refractivity contribution in [1.82, 2.24) is 25.6 Å². The highest BCUT2D eigenvalue weighted by Crippen LogP contribution is 2.36. The molecule has 0 aliphatic heterocycles. The van der Waals surface area contributed by atoms with Gasteiger partial charge in [-0.05, 0) is 76.0 Å². The van der Waals surface area contributed by atoms with Crippen molar-refractivity contribution in [1.29, 1.82) is 0 Å². The van der Waals surface area contributed by atoms with Crippen LogP contribution in [0.4, 0.5) is 0 Å². The number of hydrazine groups is 1. The first-order chi connectivity index (χ1) is 20.7. The minimum Gasteiger partial charge on any atom is -0.393 e. The SMILES string of the molecule is CCCN(CCC)C(=O)C1CC(C(=O)NC(CC2CCC(O)CC2)C(O)CN(C)NC(=O)CC(C)C)CC(C(=O)N(C)C)C1. The number of amides is 4. The molecule has 0 heterocycles. The van der Waals surface area contributed by atoms with Crippen LogP contribution in [-0.4, -0.2) is 108 Å². The second-order valence-electron chi connectivity index (χ2n) is 14.0. The van der Waals surface area contributed by atoms with Gasteiger partial charge in [-0.1, -0.05) is 27.7 Å². The van der Waals surface area contributed by atoms with Gasteiger partial charge in [-0.15, -0.1) is 0 Å². The van der Waals surface area contributed by atoms with Crippen LogP contribution in [0.2, 0.25) is 0 Å². The van der Waals surface area contributed by atoms with Crippen LogP contribution >= 0.6 is 0 Å². The number of nitrogens with one attached hydrogen (secondary N) is 2. The highest BCUT2D eigenvalue weighted by Gasteiger charge is 2.41. The summed E-state index contributed by atoms with van der Waals surface area (Å²) in [6.45, 7) is 9.43. The maximum absolute atomic E-state index is 13.9. The molecule has 0 saturated heterocycles. The molecule has 2 aliphatic carbocycles. The van der Waals surface area contributed by atoms with Gasteiger partial charge in [0.1, 0.15) is 0 Å². The molecule has 0 aromatic carbocycles. The Morgan fingerprint density at radius 2 is 1.39 bits per heavy atom. The Morgan fingerprint density at radius 1 is 0.841 bits per heavy atom. The van der Waals surface area contributed by atoms with Crippen LogP contribution in [0, 0.1) is 29.6 Å². The van der Waals surface area contributed by atoms with Gasteiger partial charge < -0.3 is 25.3 Å². The molecule has 44 heavy (non-hydrogen) atoms. The Labute approximate surface area is 265 Å². The molecule has 4 N–H and O–H groups in total. The largest absolute Gasteiger partial charge is 0.393 e. The molecular formula is C33H61N5O6. The molecule has 5 atom stereocenters. The summed E-state index contributed by atoms with van der Waals surface area (Å²) in [5, 5.41) is 26.1. The van der Waals surface area contributed by atoms with Gasteiger partial charge in [0, 0.05) is 65.0 Å². The molecule has 5 unspecified atom stereocenters. The van der Waals surface area contributed by atoms with Crippen molar-refractivity contribution in [2.75, 3.05) is 40.8 Å². The summed E-state index contributed by atoms with van der Waals surface area (Å²) in [6, 6.07) is -0.581. The maximum atomic E-state index is 13.9. The molecule has 0 aromatic heterocycles. The first kappa shape index (κ1) is 37.9. The van der Waals surface area contributed by atoms with Gasteiger partial charge in [0.25, 0.3) is 0 Å². The fourth-order valence-electron chi connectivity index (χ4n) is 6.87. The van der Waals surface area contributed by atoms with Crippen LogP contribution in [0.5, 0.6) is 0 Å². The lowest BCUT2D eigenvalue weighted by Crippen LogP contribution is -2.54. The summed E-state index contributed by atoms with van der Waals surface area (Å²) in [5.74, 6) is -1.40. The van der Waals surface area contributed by atoms with E-state index in [2.05, 4.69) is 10.7 Å². The summed E-state index contributed by atoms with van der Waals surface area (Å²) >= 11 is 0. The monoisotopic (exact) mass is 623 g/mol. The average Bonchev–Trinajstić information content (AvgIpc) is 2.95. The molecule has 11 heteroatoms. The van der Waals surface area contributed by atoms with Gasteiger partial charge in [0.05, 0.1) is 18.2 Å². The molecule has 4 amide bonds. The summed E-state index contributed by atoms with van der Waals surface area (Å²) in [6.07, 6.45) is 5.49. The van der Waals surface area contributed by atoms with Crippen molar-refractivity contribution in [2.24, 2.45) is 29.6 Å². The van der Waals surface area contributed by atoms with Crippen LogP contribution in [0.1, 0.15) is 98.3 Å². The molecule has 2 rings (SSSR count). The zero-order chi connectivity index (χ0) is 33.0. The van der Waals surface area contributed by atoms with Crippen LogP contribution in [0.15, 0.2) is 0 Å². The number of likely N-dealkylation sites (N-methyl/N-ethyl adjacent to an activating group) is 1. The van der Waals surface area contributed by atoms with Gasteiger partial charge >= 0.3 is 0 Å². The van der Waals surface area contributed by atoms with E-state index >= 15 is 0 Å². The van der Waals surface area contributed by atoms with Crippen molar-refractivity contribution in [3.8, 4) is 0 Å². The number of aliphatic hydroxyl groups excluding tert-OH is 2. The second kappa shape index (κ2) is 18.7. The lowest BCUT2D eigenvalue weighted by atomic mass is 9.73. The van der Waals surface area contributed by atoms with Crippen LogP contribution < -0.4 is 10.7 Å². The Bertz CT molecular complexity index is 916. The summed E-state index contributed by atoms with van der Waals surface area (Å²) in [4.78, 5) is 56.4. The van der Waals surface area contributed by atoms with Crippen molar-refractivity contribution >= 4 is 23.6 Å². The fourth-order valence-corrected chi connectivity index (χ4v) is 6.87. The molecule has 2 aliphatic rings. The van der Waals surface area contributed by atoms with E-state index in [0.29, 0.717) is 58.0 Å². The predicted octanol–water partition coefficient (Wildman–Crippen LogP) is 2.55. The lowest BCUT2D eigenvalue weighted by molar-refractivity contribution is -0.143.